The van der Waals surface area contributed by atoms with Crippen molar-refractivity contribution in [1.82, 2.24) is 10.2 Å². The fourth-order valence-electron chi connectivity index (χ4n) is 3.44. The SMILES string of the molecule is CNCC1(O)CCN(Cc2ccccc2OC)C2(C1)OC(=O)C(=O)O2. The Morgan fingerprint density at radius 2 is 1.96 bits per heavy atom. The first kappa shape index (κ1) is 17.7. The first-order chi connectivity index (χ1) is 11.9. The summed E-state index contributed by atoms with van der Waals surface area (Å²) >= 11 is 0. The lowest BCUT2D eigenvalue weighted by atomic mass is 9.88. The second-order valence-electron chi connectivity index (χ2n) is 6.41. The van der Waals surface area contributed by atoms with Crippen LogP contribution in [0.5, 0.6) is 5.75 Å². The molecule has 1 aromatic rings. The van der Waals surface area contributed by atoms with Crippen molar-refractivity contribution in [2.75, 3.05) is 27.2 Å². The maximum atomic E-state index is 11.7. The largest absolute Gasteiger partial charge is 0.496 e. The van der Waals surface area contributed by atoms with Crippen LogP contribution in [-0.2, 0) is 25.6 Å². The number of esters is 2. The second kappa shape index (κ2) is 6.62. The number of benzene rings is 1. The molecule has 3 rings (SSSR count). The predicted molar refractivity (Wildman–Crippen MR) is 86.4 cm³/mol. The van der Waals surface area contributed by atoms with Gasteiger partial charge in [-0.05, 0) is 19.5 Å². The highest BCUT2D eigenvalue weighted by atomic mass is 16.8. The minimum atomic E-state index is -1.60. The van der Waals surface area contributed by atoms with Crippen LogP contribution in [0.15, 0.2) is 24.3 Å². The number of ether oxygens (including phenoxy) is 3. The summed E-state index contributed by atoms with van der Waals surface area (Å²) in [6, 6.07) is 7.45. The van der Waals surface area contributed by atoms with E-state index in [4.69, 9.17) is 14.2 Å². The topological polar surface area (TPSA) is 97.3 Å². The van der Waals surface area contributed by atoms with Gasteiger partial charge >= 0.3 is 17.8 Å². The van der Waals surface area contributed by atoms with Crippen LogP contribution < -0.4 is 10.1 Å². The van der Waals surface area contributed by atoms with Crippen molar-refractivity contribution in [2.45, 2.75) is 30.9 Å². The number of rotatable bonds is 5. The maximum absolute atomic E-state index is 11.7. The molecular weight excluding hydrogens is 328 g/mol. The van der Waals surface area contributed by atoms with Crippen LogP contribution in [0.4, 0.5) is 0 Å². The Labute approximate surface area is 145 Å². The fraction of sp³-hybridized carbons (Fsp3) is 0.529. The van der Waals surface area contributed by atoms with Gasteiger partial charge in [-0.15, -0.1) is 0 Å². The van der Waals surface area contributed by atoms with Crippen LogP contribution in [-0.4, -0.2) is 60.7 Å². The highest BCUT2D eigenvalue weighted by molar-refractivity contribution is 6.31. The van der Waals surface area contributed by atoms with E-state index >= 15 is 0 Å². The summed E-state index contributed by atoms with van der Waals surface area (Å²) in [6.07, 6.45) is 0.424. The summed E-state index contributed by atoms with van der Waals surface area (Å²) in [5.41, 5.74) is -0.279. The van der Waals surface area contributed by atoms with Gasteiger partial charge in [-0.3, -0.25) is 0 Å². The highest BCUT2D eigenvalue weighted by Crippen LogP contribution is 2.41. The number of methoxy groups -OCH3 is 1. The van der Waals surface area contributed by atoms with Crippen LogP contribution in [0, 0.1) is 0 Å². The van der Waals surface area contributed by atoms with E-state index in [0.29, 0.717) is 31.8 Å². The quantitative estimate of drug-likeness (QED) is 0.566. The number of hydrogen-bond acceptors (Lipinski definition) is 8. The standard InChI is InChI=1S/C17H22N2O6/c1-18-11-16(22)7-8-19(9-12-5-3-4-6-13(12)23-2)17(10-16)24-14(20)15(21)25-17/h3-6,18,22H,7-11H2,1-2H3. The number of hydrogen-bond donors (Lipinski definition) is 2. The van der Waals surface area contributed by atoms with Gasteiger partial charge in [0.05, 0.1) is 19.1 Å². The number of carbonyl (C=O) groups is 2. The van der Waals surface area contributed by atoms with Crippen LogP contribution in [0.1, 0.15) is 18.4 Å². The third-order valence-corrected chi connectivity index (χ3v) is 4.61. The molecule has 2 N–H and O–H groups in total. The van der Waals surface area contributed by atoms with Crippen molar-refractivity contribution in [3.63, 3.8) is 0 Å². The van der Waals surface area contributed by atoms with Crippen LogP contribution >= 0.6 is 0 Å². The van der Waals surface area contributed by atoms with Gasteiger partial charge in [0, 0.05) is 25.2 Å². The van der Waals surface area contributed by atoms with Gasteiger partial charge in [0.25, 0.3) is 0 Å². The molecule has 25 heavy (non-hydrogen) atoms. The van der Waals surface area contributed by atoms with E-state index in [-0.39, 0.29) is 6.42 Å². The molecular formula is C17H22N2O6. The Balaban J connectivity index is 1.89. The molecule has 0 radical (unpaired) electrons. The zero-order valence-electron chi connectivity index (χ0n) is 14.3. The smallest absolute Gasteiger partial charge is 0.421 e. The minimum absolute atomic E-state index is 0.0204. The third-order valence-electron chi connectivity index (χ3n) is 4.61. The molecule has 1 spiro atoms. The third kappa shape index (κ3) is 3.33. The first-order valence-electron chi connectivity index (χ1n) is 8.12. The summed E-state index contributed by atoms with van der Waals surface area (Å²) in [5, 5.41) is 13.7. The molecule has 0 aliphatic carbocycles. The molecule has 1 aromatic carbocycles. The molecule has 0 aromatic heterocycles. The average molecular weight is 350 g/mol. The Hall–Kier alpha value is -2.16. The molecule has 0 amide bonds. The zero-order valence-corrected chi connectivity index (χ0v) is 14.3. The lowest BCUT2D eigenvalue weighted by Crippen LogP contribution is -2.62. The van der Waals surface area contributed by atoms with E-state index in [2.05, 4.69) is 5.32 Å². The van der Waals surface area contributed by atoms with Gasteiger partial charge in [0.1, 0.15) is 5.75 Å². The second-order valence-corrected chi connectivity index (χ2v) is 6.41. The lowest BCUT2D eigenvalue weighted by Gasteiger charge is -2.47. The van der Waals surface area contributed by atoms with Gasteiger partial charge in [-0.2, -0.15) is 0 Å². The average Bonchev–Trinajstić information content (AvgIpc) is 2.85. The summed E-state index contributed by atoms with van der Waals surface area (Å²) in [6.45, 7) is 1.03. The molecule has 1 unspecified atom stereocenters. The molecule has 2 heterocycles. The molecule has 8 nitrogen and oxygen atoms in total. The molecule has 2 aliphatic heterocycles. The number of likely N-dealkylation sites (tertiary alicyclic amines) is 1. The van der Waals surface area contributed by atoms with Crippen molar-refractivity contribution in [3.05, 3.63) is 29.8 Å². The molecule has 2 fully saturated rings. The number of nitrogens with zero attached hydrogens (tertiary/aromatic N) is 1. The van der Waals surface area contributed by atoms with Crippen LogP contribution in [0.25, 0.3) is 0 Å². The Kier molecular flexibility index (Phi) is 4.68. The first-order valence-corrected chi connectivity index (χ1v) is 8.12. The number of carbonyl (C=O) groups excluding carboxylic acids is 2. The van der Waals surface area contributed by atoms with E-state index in [0.717, 1.165) is 5.56 Å². The zero-order chi connectivity index (χ0) is 18.1. The minimum Gasteiger partial charge on any atom is -0.496 e. The van der Waals surface area contributed by atoms with E-state index in [9.17, 15) is 14.7 Å². The lowest BCUT2D eigenvalue weighted by molar-refractivity contribution is -0.293. The van der Waals surface area contributed by atoms with Gasteiger partial charge in [0.15, 0.2) is 0 Å². The molecule has 0 bridgehead atoms. The van der Waals surface area contributed by atoms with Gasteiger partial charge in [-0.25, -0.2) is 14.5 Å². The summed E-state index contributed by atoms with van der Waals surface area (Å²) in [7, 11) is 3.30. The van der Waals surface area contributed by atoms with Crippen molar-refractivity contribution in [3.8, 4) is 5.75 Å². The molecule has 1 atom stereocenters. The Morgan fingerprint density at radius 1 is 1.28 bits per heavy atom. The molecule has 8 heteroatoms. The van der Waals surface area contributed by atoms with Crippen molar-refractivity contribution >= 4 is 11.9 Å². The Bertz CT molecular complexity index is 663. The van der Waals surface area contributed by atoms with Crippen molar-refractivity contribution in [2.24, 2.45) is 0 Å². The maximum Gasteiger partial charge on any atom is 0.421 e. The van der Waals surface area contributed by atoms with Crippen molar-refractivity contribution < 1.29 is 28.9 Å². The number of piperidine rings is 1. The van der Waals surface area contributed by atoms with Crippen LogP contribution in [0.2, 0.25) is 0 Å². The highest BCUT2D eigenvalue weighted by Gasteiger charge is 2.59. The molecule has 2 saturated heterocycles. The summed E-state index contributed by atoms with van der Waals surface area (Å²) in [4.78, 5) is 25.1. The molecule has 136 valence electrons. The van der Waals surface area contributed by atoms with Crippen LogP contribution in [0.3, 0.4) is 0 Å². The number of likely N-dealkylation sites (N-methyl/N-ethyl adjacent to an activating group) is 1. The fourth-order valence-corrected chi connectivity index (χ4v) is 3.44. The molecule has 2 aliphatic rings. The van der Waals surface area contributed by atoms with E-state index in [1.54, 1.807) is 19.1 Å². The van der Waals surface area contributed by atoms with Crippen molar-refractivity contribution in [1.29, 1.82) is 0 Å². The number of nitrogens with one attached hydrogen (secondary N) is 1. The van der Waals surface area contributed by atoms with E-state index in [1.165, 1.54) is 0 Å². The Morgan fingerprint density at radius 3 is 2.60 bits per heavy atom. The van der Waals surface area contributed by atoms with Gasteiger partial charge in [-0.1, -0.05) is 18.2 Å². The molecule has 0 saturated carbocycles. The summed E-state index contributed by atoms with van der Waals surface area (Å²) < 4.78 is 15.9. The number of para-hydroxylation sites is 1. The van der Waals surface area contributed by atoms with E-state index < -0.39 is 23.5 Å². The normalized spacial score (nSPS) is 25.7. The predicted octanol–water partition coefficient (Wildman–Crippen LogP) is -0.00470. The van der Waals surface area contributed by atoms with Gasteiger partial charge < -0.3 is 24.6 Å². The number of aliphatic hydroxyl groups is 1. The van der Waals surface area contributed by atoms with E-state index in [1.807, 2.05) is 24.3 Å². The van der Waals surface area contributed by atoms with Gasteiger partial charge in [0.2, 0.25) is 0 Å². The summed E-state index contributed by atoms with van der Waals surface area (Å²) in [5.74, 6) is -3.00. The monoisotopic (exact) mass is 350 g/mol.